The van der Waals surface area contributed by atoms with Crippen LogP contribution in [0.5, 0.6) is 5.75 Å². The molecule has 0 fully saturated rings. The van der Waals surface area contributed by atoms with Crippen molar-refractivity contribution >= 4 is 22.2 Å². The second-order valence-electron chi connectivity index (χ2n) is 3.09. The third kappa shape index (κ3) is 2.54. The van der Waals surface area contributed by atoms with Gasteiger partial charge in [0.1, 0.15) is 11.6 Å². The van der Waals surface area contributed by atoms with Gasteiger partial charge in [-0.05, 0) is 41.9 Å². The van der Waals surface area contributed by atoms with Crippen LogP contribution < -0.4 is 4.74 Å². The van der Waals surface area contributed by atoms with E-state index >= 15 is 0 Å². The molecule has 0 heterocycles. The van der Waals surface area contributed by atoms with E-state index in [0.29, 0.717) is 12.0 Å². The SMILES string of the molecule is CC(C)Oc1cc(Br)c(F)c(C=O)c1. The Morgan fingerprint density at radius 1 is 1.50 bits per heavy atom. The standard InChI is InChI=1S/C10H10BrFO2/c1-6(2)14-8-3-7(5-13)10(12)9(11)4-8/h3-6H,1-2H3. The fraction of sp³-hybridized carbons (Fsp3) is 0.300. The maximum absolute atomic E-state index is 13.2. The number of hydrogen-bond acceptors (Lipinski definition) is 2. The van der Waals surface area contributed by atoms with Crippen LogP contribution in [0.25, 0.3) is 0 Å². The smallest absolute Gasteiger partial charge is 0.153 e. The van der Waals surface area contributed by atoms with Gasteiger partial charge in [-0.1, -0.05) is 0 Å². The molecule has 0 saturated carbocycles. The molecule has 0 atom stereocenters. The zero-order valence-corrected chi connectivity index (χ0v) is 9.47. The number of ether oxygens (including phenoxy) is 1. The van der Waals surface area contributed by atoms with Gasteiger partial charge < -0.3 is 4.74 Å². The Morgan fingerprint density at radius 3 is 2.64 bits per heavy atom. The van der Waals surface area contributed by atoms with Crippen LogP contribution in [0, 0.1) is 5.82 Å². The Balaban J connectivity index is 3.09. The molecule has 1 aromatic carbocycles. The number of aldehydes is 1. The molecule has 0 saturated heterocycles. The molecule has 0 aliphatic carbocycles. The van der Waals surface area contributed by atoms with E-state index in [-0.39, 0.29) is 16.1 Å². The summed E-state index contributed by atoms with van der Waals surface area (Å²) < 4.78 is 18.8. The van der Waals surface area contributed by atoms with E-state index in [1.165, 1.54) is 12.1 Å². The summed E-state index contributed by atoms with van der Waals surface area (Å²) in [5, 5.41) is 0. The summed E-state index contributed by atoms with van der Waals surface area (Å²) in [6.45, 7) is 3.72. The molecule has 76 valence electrons. The molecule has 0 aromatic heterocycles. The molecule has 0 aliphatic rings. The largest absolute Gasteiger partial charge is 0.491 e. The van der Waals surface area contributed by atoms with Crippen molar-refractivity contribution in [2.24, 2.45) is 0 Å². The van der Waals surface area contributed by atoms with Crippen molar-refractivity contribution in [1.82, 2.24) is 0 Å². The van der Waals surface area contributed by atoms with E-state index in [1.807, 2.05) is 13.8 Å². The maximum Gasteiger partial charge on any atom is 0.153 e. The average molecular weight is 261 g/mol. The highest BCUT2D eigenvalue weighted by molar-refractivity contribution is 9.10. The fourth-order valence-electron chi connectivity index (χ4n) is 1.01. The highest BCUT2D eigenvalue weighted by Crippen LogP contribution is 2.25. The van der Waals surface area contributed by atoms with Crippen LogP contribution in [0.1, 0.15) is 24.2 Å². The van der Waals surface area contributed by atoms with Crippen LogP contribution in [-0.4, -0.2) is 12.4 Å². The Morgan fingerprint density at radius 2 is 2.14 bits per heavy atom. The third-order valence-corrected chi connectivity index (χ3v) is 2.11. The van der Waals surface area contributed by atoms with Crippen molar-refractivity contribution < 1.29 is 13.9 Å². The molecule has 14 heavy (non-hydrogen) atoms. The number of carbonyl (C=O) groups is 1. The molecule has 4 heteroatoms. The Labute approximate surface area is 90.2 Å². The molecule has 0 radical (unpaired) electrons. The summed E-state index contributed by atoms with van der Waals surface area (Å²) in [5.41, 5.74) is -0.00461. The van der Waals surface area contributed by atoms with Crippen molar-refractivity contribution in [3.05, 3.63) is 28.0 Å². The molecular formula is C10H10BrFO2. The van der Waals surface area contributed by atoms with Gasteiger partial charge in [-0.2, -0.15) is 0 Å². The van der Waals surface area contributed by atoms with Gasteiger partial charge in [0.15, 0.2) is 6.29 Å². The van der Waals surface area contributed by atoms with E-state index in [4.69, 9.17) is 4.74 Å². The van der Waals surface area contributed by atoms with Crippen LogP contribution in [0.3, 0.4) is 0 Å². The van der Waals surface area contributed by atoms with Crippen LogP contribution in [0.2, 0.25) is 0 Å². The van der Waals surface area contributed by atoms with E-state index in [2.05, 4.69) is 15.9 Å². The second-order valence-corrected chi connectivity index (χ2v) is 3.95. The predicted octanol–water partition coefficient (Wildman–Crippen LogP) is 3.19. The predicted molar refractivity (Wildman–Crippen MR) is 55.3 cm³/mol. The highest BCUT2D eigenvalue weighted by Gasteiger charge is 2.09. The molecule has 0 aliphatic heterocycles. The fourth-order valence-corrected chi connectivity index (χ4v) is 1.46. The third-order valence-electron chi connectivity index (χ3n) is 1.53. The molecule has 2 nitrogen and oxygen atoms in total. The number of benzene rings is 1. The van der Waals surface area contributed by atoms with Gasteiger partial charge in [-0.3, -0.25) is 4.79 Å². The molecule has 1 aromatic rings. The molecule has 0 N–H and O–H groups in total. The van der Waals surface area contributed by atoms with Crippen LogP contribution >= 0.6 is 15.9 Å². The van der Waals surface area contributed by atoms with Crippen LogP contribution in [-0.2, 0) is 0 Å². The summed E-state index contributed by atoms with van der Waals surface area (Å²) in [4.78, 5) is 10.5. The van der Waals surface area contributed by atoms with Gasteiger partial charge >= 0.3 is 0 Å². The Hall–Kier alpha value is -0.900. The van der Waals surface area contributed by atoms with Gasteiger partial charge in [-0.15, -0.1) is 0 Å². The lowest BCUT2D eigenvalue weighted by Crippen LogP contribution is -2.06. The van der Waals surface area contributed by atoms with E-state index in [1.54, 1.807) is 0 Å². The monoisotopic (exact) mass is 260 g/mol. The van der Waals surface area contributed by atoms with Crippen LogP contribution in [0.4, 0.5) is 4.39 Å². The summed E-state index contributed by atoms with van der Waals surface area (Å²) in [5.74, 6) is -0.0773. The van der Waals surface area contributed by atoms with Gasteiger partial charge in [0, 0.05) is 0 Å². The Kier molecular flexibility index (Phi) is 3.63. The lowest BCUT2D eigenvalue weighted by atomic mass is 10.2. The summed E-state index contributed by atoms with van der Waals surface area (Å²) >= 11 is 3.01. The molecule has 0 unspecified atom stereocenters. The summed E-state index contributed by atoms with van der Waals surface area (Å²) in [6, 6.07) is 2.88. The first-order valence-corrected chi connectivity index (χ1v) is 4.94. The molecule has 0 bridgehead atoms. The van der Waals surface area contributed by atoms with Crippen molar-refractivity contribution in [1.29, 1.82) is 0 Å². The second kappa shape index (κ2) is 4.55. The minimum atomic E-state index is -0.559. The van der Waals surface area contributed by atoms with Gasteiger partial charge in [0.2, 0.25) is 0 Å². The minimum absolute atomic E-state index is 0.00461. The van der Waals surface area contributed by atoms with Crippen molar-refractivity contribution in [2.45, 2.75) is 20.0 Å². The number of halogens is 2. The first-order valence-electron chi connectivity index (χ1n) is 4.15. The van der Waals surface area contributed by atoms with E-state index in [0.717, 1.165) is 0 Å². The van der Waals surface area contributed by atoms with Gasteiger partial charge in [-0.25, -0.2) is 4.39 Å². The number of carbonyl (C=O) groups excluding carboxylic acids is 1. The number of rotatable bonds is 3. The van der Waals surface area contributed by atoms with Crippen molar-refractivity contribution in [3.63, 3.8) is 0 Å². The summed E-state index contributed by atoms with van der Waals surface area (Å²) in [7, 11) is 0. The van der Waals surface area contributed by atoms with Crippen molar-refractivity contribution in [3.8, 4) is 5.75 Å². The highest BCUT2D eigenvalue weighted by atomic mass is 79.9. The Bertz CT molecular complexity index is 350. The lowest BCUT2D eigenvalue weighted by molar-refractivity contribution is 0.111. The number of hydrogen-bond donors (Lipinski definition) is 0. The zero-order valence-electron chi connectivity index (χ0n) is 7.88. The van der Waals surface area contributed by atoms with E-state index in [9.17, 15) is 9.18 Å². The average Bonchev–Trinajstić information content (AvgIpc) is 2.10. The van der Waals surface area contributed by atoms with Gasteiger partial charge in [0.25, 0.3) is 0 Å². The normalized spacial score (nSPS) is 10.4. The van der Waals surface area contributed by atoms with Crippen molar-refractivity contribution in [2.75, 3.05) is 0 Å². The maximum atomic E-state index is 13.2. The minimum Gasteiger partial charge on any atom is -0.491 e. The summed E-state index contributed by atoms with van der Waals surface area (Å²) in [6.07, 6.45) is 0.458. The molecule has 1 rings (SSSR count). The molecular weight excluding hydrogens is 251 g/mol. The quantitative estimate of drug-likeness (QED) is 0.781. The van der Waals surface area contributed by atoms with E-state index < -0.39 is 5.82 Å². The first kappa shape index (κ1) is 11.2. The molecule has 0 amide bonds. The molecule has 0 spiro atoms. The van der Waals surface area contributed by atoms with Crippen LogP contribution in [0.15, 0.2) is 16.6 Å². The zero-order chi connectivity index (χ0) is 10.7. The topological polar surface area (TPSA) is 26.3 Å². The lowest BCUT2D eigenvalue weighted by Gasteiger charge is -2.10. The van der Waals surface area contributed by atoms with Gasteiger partial charge in [0.05, 0.1) is 16.1 Å². The first-order chi connectivity index (χ1) is 6.54.